The van der Waals surface area contributed by atoms with E-state index in [4.69, 9.17) is 18.0 Å². The molecule has 2 fully saturated rings. The highest BCUT2D eigenvalue weighted by molar-refractivity contribution is 7.80. The van der Waals surface area contributed by atoms with Crippen molar-refractivity contribution in [1.29, 1.82) is 0 Å². The van der Waals surface area contributed by atoms with E-state index in [-0.39, 0.29) is 22.2 Å². The molecule has 1 atom stereocenters. The first-order valence-electron chi connectivity index (χ1n) is 6.59. The average molecular weight is 268 g/mol. The first kappa shape index (κ1) is 13.5. The van der Waals surface area contributed by atoms with Crippen molar-refractivity contribution in [2.75, 3.05) is 0 Å². The number of rotatable bonds is 2. The lowest BCUT2D eigenvalue weighted by molar-refractivity contribution is -0.155. The molecule has 1 unspecified atom stereocenters. The molecule has 100 valence electrons. The number of nitrogens with two attached hydrogens (primary N) is 1. The van der Waals surface area contributed by atoms with Gasteiger partial charge in [-0.1, -0.05) is 31.5 Å². The van der Waals surface area contributed by atoms with E-state index in [1.165, 1.54) is 11.3 Å². The Labute approximate surface area is 113 Å². The lowest BCUT2D eigenvalue weighted by atomic mass is 9.67. The summed E-state index contributed by atoms with van der Waals surface area (Å²) in [6, 6.07) is -0.457. The zero-order chi connectivity index (χ0) is 13.3. The van der Waals surface area contributed by atoms with Crippen LogP contribution in [0.25, 0.3) is 0 Å². The molecule has 2 N–H and O–H groups in total. The second kappa shape index (κ2) is 4.96. The van der Waals surface area contributed by atoms with Crippen molar-refractivity contribution >= 4 is 29.0 Å². The third kappa shape index (κ3) is 2.41. The zero-order valence-corrected chi connectivity index (χ0v) is 11.6. The van der Waals surface area contributed by atoms with Crippen LogP contribution >= 0.6 is 12.2 Å². The van der Waals surface area contributed by atoms with E-state index in [9.17, 15) is 9.59 Å². The van der Waals surface area contributed by atoms with Gasteiger partial charge in [-0.15, -0.1) is 0 Å². The van der Waals surface area contributed by atoms with Gasteiger partial charge in [-0.25, -0.2) is 0 Å². The van der Waals surface area contributed by atoms with Gasteiger partial charge < -0.3 is 5.73 Å². The Morgan fingerprint density at radius 2 is 1.72 bits per heavy atom. The molecule has 1 saturated carbocycles. The molecule has 18 heavy (non-hydrogen) atoms. The first-order chi connectivity index (χ1) is 8.45. The van der Waals surface area contributed by atoms with Gasteiger partial charge in [0.2, 0.25) is 11.8 Å². The monoisotopic (exact) mass is 268 g/mol. The molecule has 0 aromatic heterocycles. The van der Waals surface area contributed by atoms with E-state index in [1.807, 2.05) is 0 Å². The number of thiocarbonyl (C=S) groups is 1. The molecule has 0 bridgehead atoms. The van der Waals surface area contributed by atoms with Gasteiger partial charge >= 0.3 is 0 Å². The molecule has 0 radical (unpaired) electrons. The summed E-state index contributed by atoms with van der Waals surface area (Å²) in [7, 11) is 0. The van der Waals surface area contributed by atoms with Crippen LogP contribution in [0, 0.1) is 5.41 Å². The quantitative estimate of drug-likeness (QED) is 0.612. The summed E-state index contributed by atoms with van der Waals surface area (Å²) in [5.74, 6) is -0.207. The molecule has 1 aliphatic heterocycles. The van der Waals surface area contributed by atoms with E-state index in [2.05, 4.69) is 0 Å². The molecule has 1 spiro atoms. The van der Waals surface area contributed by atoms with Crippen LogP contribution in [-0.4, -0.2) is 27.7 Å². The standard InChI is InChI=1S/C13H20N2O2S/c1-9(12(14)18)15-10(16)7-13(8-11(15)17)5-3-2-4-6-13/h9H,2-8H2,1H3,(H2,14,18). The van der Waals surface area contributed by atoms with Crippen molar-refractivity contribution in [3.63, 3.8) is 0 Å². The predicted octanol–water partition coefficient (Wildman–Crippen LogP) is 1.76. The Balaban J connectivity index is 2.15. The lowest BCUT2D eigenvalue weighted by Crippen LogP contribution is -2.55. The summed E-state index contributed by atoms with van der Waals surface area (Å²) in [5, 5.41) is 0. The Morgan fingerprint density at radius 3 is 2.17 bits per heavy atom. The second-order valence-corrected chi connectivity index (χ2v) is 6.12. The second-order valence-electron chi connectivity index (χ2n) is 5.65. The number of likely N-dealkylation sites (tertiary alicyclic amines) is 1. The van der Waals surface area contributed by atoms with Crippen molar-refractivity contribution < 1.29 is 9.59 Å². The van der Waals surface area contributed by atoms with Crippen molar-refractivity contribution in [3.8, 4) is 0 Å². The van der Waals surface area contributed by atoms with Gasteiger partial charge in [0, 0.05) is 12.8 Å². The summed E-state index contributed by atoms with van der Waals surface area (Å²) >= 11 is 4.88. The number of amides is 2. The number of piperidine rings is 1. The fraction of sp³-hybridized carbons (Fsp3) is 0.769. The SMILES string of the molecule is CC(C(N)=S)N1C(=O)CC2(CCCCC2)CC1=O. The van der Waals surface area contributed by atoms with Crippen LogP contribution in [0.3, 0.4) is 0 Å². The number of hydrogen-bond acceptors (Lipinski definition) is 3. The van der Waals surface area contributed by atoms with Gasteiger partial charge in [0.25, 0.3) is 0 Å². The molecule has 1 heterocycles. The van der Waals surface area contributed by atoms with E-state index in [1.54, 1.807) is 6.92 Å². The third-order valence-electron chi connectivity index (χ3n) is 4.30. The summed E-state index contributed by atoms with van der Waals surface area (Å²) in [4.78, 5) is 25.9. The van der Waals surface area contributed by atoms with E-state index in [0.29, 0.717) is 12.8 Å². The molecule has 1 aliphatic carbocycles. The molecule has 2 aliphatic rings. The van der Waals surface area contributed by atoms with E-state index in [0.717, 1.165) is 25.7 Å². The molecule has 4 nitrogen and oxygen atoms in total. The molecule has 2 rings (SSSR count). The smallest absolute Gasteiger partial charge is 0.230 e. The van der Waals surface area contributed by atoms with Crippen LogP contribution < -0.4 is 5.73 Å². The zero-order valence-electron chi connectivity index (χ0n) is 10.8. The summed E-state index contributed by atoms with van der Waals surface area (Å²) in [6.07, 6.45) is 6.44. The van der Waals surface area contributed by atoms with Crippen LogP contribution in [0.2, 0.25) is 0 Å². The van der Waals surface area contributed by atoms with Crippen molar-refractivity contribution in [3.05, 3.63) is 0 Å². The fourth-order valence-electron chi connectivity index (χ4n) is 3.23. The highest BCUT2D eigenvalue weighted by Crippen LogP contribution is 2.45. The minimum atomic E-state index is -0.457. The van der Waals surface area contributed by atoms with Gasteiger partial charge in [-0.05, 0) is 25.2 Å². The third-order valence-corrected chi connectivity index (χ3v) is 4.64. The molecular formula is C13H20N2O2S. The van der Waals surface area contributed by atoms with Crippen molar-refractivity contribution in [2.24, 2.45) is 11.1 Å². The van der Waals surface area contributed by atoms with Gasteiger partial charge in [0.05, 0.1) is 11.0 Å². The van der Waals surface area contributed by atoms with Crippen LogP contribution in [0.4, 0.5) is 0 Å². The summed E-state index contributed by atoms with van der Waals surface area (Å²) in [6.45, 7) is 1.72. The highest BCUT2D eigenvalue weighted by atomic mass is 32.1. The summed E-state index contributed by atoms with van der Waals surface area (Å²) < 4.78 is 0. The van der Waals surface area contributed by atoms with Crippen LogP contribution in [0.1, 0.15) is 51.9 Å². The van der Waals surface area contributed by atoms with E-state index < -0.39 is 6.04 Å². The average Bonchev–Trinajstić information content (AvgIpc) is 2.28. The maximum Gasteiger partial charge on any atom is 0.230 e. The van der Waals surface area contributed by atoms with Crippen LogP contribution in [0.15, 0.2) is 0 Å². The number of nitrogens with zero attached hydrogens (tertiary/aromatic N) is 1. The first-order valence-corrected chi connectivity index (χ1v) is 7.00. The fourth-order valence-corrected chi connectivity index (χ4v) is 3.33. The van der Waals surface area contributed by atoms with Crippen molar-refractivity contribution in [2.45, 2.75) is 57.9 Å². The Kier molecular flexibility index (Phi) is 3.71. The number of hydrogen-bond donors (Lipinski definition) is 1. The van der Waals surface area contributed by atoms with Gasteiger partial charge in [-0.3, -0.25) is 14.5 Å². The molecule has 5 heteroatoms. The van der Waals surface area contributed by atoms with E-state index >= 15 is 0 Å². The molecule has 2 amide bonds. The minimum absolute atomic E-state index is 0.0706. The topological polar surface area (TPSA) is 63.4 Å². The molecule has 0 aromatic rings. The molecule has 0 aromatic carbocycles. The lowest BCUT2D eigenvalue weighted by Gasteiger charge is -2.43. The van der Waals surface area contributed by atoms with Gasteiger partial charge in [-0.2, -0.15) is 0 Å². The largest absolute Gasteiger partial charge is 0.392 e. The normalized spacial score (nSPS) is 25.3. The number of imide groups is 1. The molecule has 1 saturated heterocycles. The number of carbonyl (C=O) groups excluding carboxylic acids is 2. The van der Waals surface area contributed by atoms with Gasteiger partial charge in [0.15, 0.2) is 0 Å². The van der Waals surface area contributed by atoms with Crippen LogP contribution in [-0.2, 0) is 9.59 Å². The Hall–Kier alpha value is -0.970. The predicted molar refractivity (Wildman–Crippen MR) is 72.9 cm³/mol. The van der Waals surface area contributed by atoms with Crippen molar-refractivity contribution in [1.82, 2.24) is 4.90 Å². The molecular weight excluding hydrogens is 248 g/mol. The Morgan fingerprint density at radius 1 is 1.22 bits per heavy atom. The number of carbonyl (C=O) groups is 2. The maximum absolute atomic E-state index is 12.2. The Bertz CT molecular complexity index is 368. The highest BCUT2D eigenvalue weighted by Gasteiger charge is 2.45. The minimum Gasteiger partial charge on any atom is -0.392 e. The summed E-state index contributed by atoms with van der Waals surface area (Å²) in [5.41, 5.74) is 5.48. The van der Waals surface area contributed by atoms with Gasteiger partial charge in [0.1, 0.15) is 0 Å². The maximum atomic E-state index is 12.2. The van der Waals surface area contributed by atoms with Crippen LogP contribution in [0.5, 0.6) is 0 Å².